The van der Waals surface area contributed by atoms with Gasteiger partial charge in [0.25, 0.3) is 5.91 Å². The van der Waals surface area contributed by atoms with E-state index in [0.717, 1.165) is 0 Å². The molecule has 1 amide bonds. The third-order valence-corrected chi connectivity index (χ3v) is 2.66. The molecule has 2 aromatic heterocycles. The van der Waals surface area contributed by atoms with Crippen LogP contribution >= 0.6 is 0 Å². The van der Waals surface area contributed by atoms with Crippen LogP contribution in [-0.4, -0.2) is 58.8 Å². The lowest BCUT2D eigenvalue weighted by atomic mass is 10.4. The molecule has 106 valence electrons. The van der Waals surface area contributed by atoms with Crippen molar-refractivity contribution in [1.82, 2.24) is 24.6 Å². The Hall–Kier alpha value is -2.64. The summed E-state index contributed by atoms with van der Waals surface area (Å²) in [5.74, 6) is 1.30. The molecule has 1 N–H and O–H groups in total. The van der Waals surface area contributed by atoms with Crippen LogP contribution in [0.1, 0.15) is 10.5 Å². The Morgan fingerprint density at radius 3 is 2.75 bits per heavy atom. The molecule has 0 saturated heterocycles. The Bertz CT molecular complexity index is 622. The number of carbonyl (C=O) groups excluding carboxylic acids is 1. The summed E-state index contributed by atoms with van der Waals surface area (Å²) in [7, 11) is 6.61. The van der Waals surface area contributed by atoms with E-state index in [1.165, 1.54) is 23.0 Å². The molecule has 0 aliphatic rings. The van der Waals surface area contributed by atoms with Crippen LogP contribution in [0.2, 0.25) is 0 Å². The van der Waals surface area contributed by atoms with E-state index >= 15 is 0 Å². The highest BCUT2D eigenvalue weighted by molar-refractivity contribution is 5.91. The number of carbonyl (C=O) groups is 1. The van der Waals surface area contributed by atoms with Crippen LogP contribution < -0.4 is 10.1 Å². The van der Waals surface area contributed by atoms with E-state index in [1.54, 1.807) is 33.4 Å². The molecule has 0 aromatic carbocycles. The zero-order valence-electron chi connectivity index (χ0n) is 11.8. The van der Waals surface area contributed by atoms with Gasteiger partial charge in [0.1, 0.15) is 6.33 Å². The molecule has 2 rings (SSSR count). The summed E-state index contributed by atoms with van der Waals surface area (Å²) in [6.07, 6.45) is 3.06. The highest BCUT2D eigenvalue weighted by Gasteiger charge is 2.16. The second-order valence-electron chi connectivity index (χ2n) is 4.17. The van der Waals surface area contributed by atoms with Gasteiger partial charge in [0.15, 0.2) is 11.5 Å². The number of rotatable bonds is 4. The Kier molecular flexibility index (Phi) is 3.83. The minimum absolute atomic E-state index is 0.175. The number of nitrogens with one attached hydrogen (secondary N) is 1. The molecule has 2 aromatic rings. The van der Waals surface area contributed by atoms with Gasteiger partial charge < -0.3 is 15.0 Å². The van der Waals surface area contributed by atoms with Crippen molar-refractivity contribution in [3.8, 4) is 11.6 Å². The highest BCUT2D eigenvalue weighted by Crippen LogP contribution is 2.26. The quantitative estimate of drug-likeness (QED) is 0.870. The fourth-order valence-electron chi connectivity index (χ4n) is 1.68. The van der Waals surface area contributed by atoms with Crippen LogP contribution in [-0.2, 0) is 0 Å². The molecule has 20 heavy (non-hydrogen) atoms. The largest absolute Gasteiger partial charge is 0.490 e. The van der Waals surface area contributed by atoms with E-state index in [9.17, 15) is 4.79 Å². The predicted octanol–water partition coefficient (Wildman–Crippen LogP) is 0.414. The summed E-state index contributed by atoms with van der Waals surface area (Å²) in [5, 5.41) is 7.13. The number of anilines is 1. The second-order valence-corrected chi connectivity index (χ2v) is 4.17. The fourth-order valence-corrected chi connectivity index (χ4v) is 1.68. The van der Waals surface area contributed by atoms with Crippen molar-refractivity contribution in [2.24, 2.45) is 0 Å². The predicted molar refractivity (Wildman–Crippen MR) is 73.3 cm³/mol. The van der Waals surface area contributed by atoms with Crippen LogP contribution in [0.25, 0.3) is 5.82 Å². The Morgan fingerprint density at radius 1 is 1.40 bits per heavy atom. The number of amides is 1. The Labute approximate surface area is 116 Å². The summed E-state index contributed by atoms with van der Waals surface area (Å²) in [5.41, 5.74) is 0.335. The molecule has 0 radical (unpaired) electrons. The van der Waals surface area contributed by atoms with E-state index in [2.05, 4.69) is 20.4 Å². The van der Waals surface area contributed by atoms with Crippen molar-refractivity contribution < 1.29 is 9.53 Å². The lowest BCUT2D eigenvalue weighted by Gasteiger charge is -2.11. The van der Waals surface area contributed by atoms with Gasteiger partial charge in [-0.15, -0.1) is 0 Å². The zero-order valence-corrected chi connectivity index (χ0v) is 11.8. The Morgan fingerprint density at radius 2 is 2.15 bits per heavy atom. The van der Waals surface area contributed by atoms with Gasteiger partial charge in [-0.1, -0.05) is 0 Å². The van der Waals surface area contributed by atoms with Crippen molar-refractivity contribution >= 4 is 11.7 Å². The van der Waals surface area contributed by atoms with Gasteiger partial charge in [-0.25, -0.2) is 14.6 Å². The third kappa shape index (κ3) is 2.40. The molecule has 0 atom stereocenters. The number of hydrogen-bond acceptors (Lipinski definition) is 6. The maximum atomic E-state index is 11.8. The summed E-state index contributed by atoms with van der Waals surface area (Å²) in [4.78, 5) is 21.5. The molecule has 0 bridgehead atoms. The van der Waals surface area contributed by atoms with Gasteiger partial charge >= 0.3 is 0 Å². The highest BCUT2D eigenvalue weighted by atomic mass is 16.5. The number of ether oxygens (including phenoxy) is 1. The standard InChI is InChI=1S/C12H16N6O2/c1-13-10-9(20-4)11(15-7-14-10)18-6-5-8(16-18)12(19)17(2)3/h5-7H,1-4H3,(H,13,14,15). The second kappa shape index (κ2) is 5.55. The zero-order chi connectivity index (χ0) is 14.7. The summed E-state index contributed by atoms with van der Waals surface area (Å²) >= 11 is 0. The van der Waals surface area contributed by atoms with Crippen LogP contribution in [0.5, 0.6) is 5.75 Å². The van der Waals surface area contributed by atoms with E-state index < -0.39 is 0 Å². The first-order chi connectivity index (χ1) is 9.58. The van der Waals surface area contributed by atoms with Crippen molar-refractivity contribution in [2.75, 3.05) is 33.6 Å². The van der Waals surface area contributed by atoms with Crippen LogP contribution in [0, 0.1) is 0 Å². The topological polar surface area (TPSA) is 85.2 Å². The summed E-state index contributed by atoms with van der Waals surface area (Å²) < 4.78 is 6.78. The lowest BCUT2D eigenvalue weighted by molar-refractivity contribution is 0.0821. The Balaban J connectivity index is 2.45. The summed E-state index contributed by atoms with van der Waals surface area (Å²) in [6.45, 7) is 0. The molecular weight excluding hydrogens is 260 g/mol. The van der Waals surface area contributed by atoms with Gasteiger partial charge in [0, 0.05) is 27.3 Å². The van der Waals surface area contributed by atoms with Crippen LogP contribution in [0.15, 0.2) is 18.6 Å². The molecule has 8 heteroatoms. The number of methoxy groups -OCH3 is 1. The molecule has 0 spiro atoms. The molecule has 0 aliphatic heterocycles. The molecule has 0 unspecified atom stereocenters. The summed E-state index contributed by atoms with van der Waals surface area (Å²) in [6, 6.07) is 1.63. The van der Waals surface area contributed by atoms with E-state index in [-0.39, 0.29) is 5.91 Å². The van der Waals surface area contributed by atoms with E-state index in [1.807, 2.05) is 0 Å². The molecule has 8 nitrogen and oxygen atoms in total. The maximum absolute atomic E-state index is 11.8. The van der Waals surface area contributed by atoms with E-state index in [4.69, 9.17) is 4.74 Å². The van der Waals surface area contributed by atoms with E-state index in [0.29, 0.717) is 23.1 Å². The number of hydrogen-bond donors (Lipinski definition) is 1. The molecule has 0 fully saturated rings. The first-order valence-corrected chi connectivity index (χ1v) is 5.93. The third-order valence-electron chi connectivity index (χ3n) is 2.66. The fraction of sp³-hybridized carbons (Fsp3) is 0.333. The van der Waals surface area contributed by atoms with Crippen molar-refractivity contribution in [3.05, 3.63) is 24.3 Å². The van der Waals surface area contributed by atoms with Crippen molar-refractivity contribution in [3.63, 3.8) is 0 Å². The van der Waals surface area contributed by atoms with Gasteiger partial charge in [-0.3, -0.25) is 4.79 Å². The molecule has 0 aliphatic carbocycles. The smallest absolute Gasteiger partial charge is 0.273 e. The molecule has 2 heterocycles. The van der Waals surface area contributed by atoms with Gasteiger partial charge in [0.2, 0.25) is 11.6 Å². The van der Waals surface area contributed by atoms with Crippen LogP contribution in [0.3, 0.4) is 0 Å². The van der Waals surface area contributed by atoms with Crippen LogP contribution in [0.4, 0.5) is 5.82 Å². The van der Waals surface area contributed by atoms with Gasteiger partial charge in [0.05, 0.1) is 7.11 Å². The van der Waals surface area contributed by atoms with Crippen molar-refractivity contribution in [2.45, 2.75) is 0 Å². The maximum Gasteiger partial charge on any atom is 0.273 e. The minimum atomic E-state index is -0.175. The monoisotopic (exact) mass is 276 g/mol. The lowest BCUT2D eigenvalue weighted by Crippen LogP contribution is -2.22. The average Bonchev–Trinajstić information content (AvgIpc) is 2.94. The first-order valence-electron chi connectivity index (χ1n) is 5.93. The molecule has 0 saturated carbocycles. The van der Waals surface area contributed by atoms with Gasteiger partial charge in [-0.2, -0.15) is 5.10 Å². The first kappa shape index (κ1) is 13.8. The van der Waals surface area contributed by atoms with Crippen molar-refractivity contribution in [1.29, 1.82) is 0 Å². The molecular formula is C12H16N6O2. The normalized spacial score (nSPS) is 10.2. The van der Waals surface area contributed by atoms with Gasteiger partial charge in [-0.05, 0) is 6.07 Å². The SMILES string of the molecule is CNc1ncnc(-n2ccc(C(=O)N(C)C)n2)c1OC. The minimum Gasteiger partial charge on any atom is -0.490 e. The number of aromatic nitrogens is 4. The number of nitrogens with zero attached hydrogens (tertiary/aromatic N) is 5. The average molecular weight is 276 g/mol.